The van der Waals surface area contributed by atoms with Crippen LogP contribution in [0.15, 0.2) is 41.2 Å². The number of nitrogens with zero attached hydrogens (tertiary/aromatic N) is 2. The van der Waals surface area contributed by atoms with Gasteiger partial charge in [0, 0.05) is 12.1 Å². The van der Waals surface area contributed by atoms with Crippen molar-refractivity contribution in [2.45, 2.75) is 50.5 Å². The van der Waals surface area contributed by atoms with E-state index in [2.05, 4.69) is 5.32 Å². The Labute approximate surface area is 194 Å². The molecular formula is C24H26F3N3O4. The number of hydrogen-bond donors (Lipinski definition) is 1. The number of rotatable bonds is 7. The smallest absolute Gasteiger partial charge is 0.416 e. The van der Waals surface area contributed by atoms with Crippen molar-refractivity contribution < 1.29 is 27.4 Å². The minimum Gasteiger partial charge on any atom is -0.493 e. The third-order valence-corrected chi connectivity index (χ3v) is 6.44. The Morgan fingerprint density at radius 3 is 2.32 bits per heavy atom. The highest BCUT2D eigenvalue weighted by Crippen LogP contribution is 2.35. The van der Waals surface area contributed by atoms with Crippen molar-refractivity contribution in [3.05, 3.63) is 58.0 Å². The number of halogens is 3. The molecule has 1 heterocycles. The summed E-state index contributed by atoms with van der Waals surface area (Å²) in [5.41, 5.74) is 0.205. The molecule has 0 aliphatic heterocycles. The zero-order valence-corrected chi connectivity index (χ0v) is 18.9. The molecule has 10 heteroatoms. The average molecular weight is 477 g/mol. The first-order valence-electron chi connectivity index (χ1n) is 11.0. The molecule has 1 aromatic heterocycles. The number of methoxy groups -OCH3 is 2. The van der Waals surface area contributed by atoms with E-state index in [-0.39, 0.29) is 29.8 Å². The summed E-state index contributed by atoms with van der Waals surface area (Å²) in [5.74, 6) is 0.981. The first-order valence-corrected chi connectivity index (χ1v) is 11.0. The molecule has 1 saturated carbocycles. The maximum absolute atomic E-state index is 13.6. The molecular weight excluding hydrogens is 451 g/mol. The maximum atomic E-state index is 13.6. The summed E-state index contributed by atoms with van der Waals surface area (Å²) >= 11 is 0. The van der Waals surface area contributed by atoms with E-state index in [1.165, 1.54) is 24.9 Å². The van der Waals surface area contributed by atoms with Gasteiger partial charge in [-0.25, -0.2) is 4.79 Å². The number of alkyl halides is 3. The van der Waals surface area contributed by atoms with E-state index in [0.29, 0.717) is 54.7 Å². The first-order chi connectivity index (χ1) is 16.3. The number of carbonyl (C=O) groups excluding carboxylic acids is 1. The van der Waals surface area contributed by atoms with Crippen molar-refractivity contribution in [2.24, 2.45) is 0 Å². The van der Waals surface area contributed by atoms with Gasteiger partial charge >= 0.3 is 11.9 Å². The Morgan fingerprint density at radius 2 is 1.71 bits per heavy atom. The molecule has 0 radical (unpaired) electrons. The summed E-state index contributed by atoms with van der Waals surface area (Å²) < 4.78 is 54.0. The van der Waals surface area contributed by atoms with Crippen LogP contribution in [0.25, 0.3) is 11.0 Å². The van der Waals surface area contributed by atoms with Crippen LogP contribution in [0, 0.1) is 0 Å². The van der Waals surface area contributed by atoms with Gasteiger partial charge in [-0.05, 0) is 61.6 Å². The van der Waals surface area contributed by atoms with E-state index < -0.39 is 11.7 Å². The number of fused-ring (bicyclic) bond motifs is 1. The molecule has 0 saturated heterocycles. The van der Waals surface area contributed by atoms with Crippen LogP contribution in [0.3, 0.4) is 0 Å². The summed E-state index contributed by atoms with van der Waals surface area (Å²) in [6, 6.07) is 8.46. The number of imidazole rings is 1. The lowest BCUT2D eigenvalue weighted by atomic mass is 9.91. The van der Waals surface area contributed by atoms with Gasteiger partial charge in [0.05, 0.1) is 37.4 Å². The second kappa shape index (κ2) is 9.44. The summed E-state index contributed by atoms with van der Waals surface area (Å²) in [4.78, 5) is 24.3. The van der Waals surface area contributed by atoms with Gasteiger partial charge < -0.3 is 14.8 Å². The lowest BCUT2D eigenvalue weighted by molar-refractivity contribution is -0.137. The van der Waals surface area contributed by atoms with E-state index in [4.69, 9.17) is 9.47 Å². The molecule has 0 atom stereocenters. The van der Waals surface area contributed by atoms with Gasteiger partial charge in [0.1, 0.15) is 0 Å². The molecule has 0 bridgehead atoms. The van der Waals surface area contributed by atoms with Crippen molar-refractivity contribution in [3.63, 3.8) is 0 Å². The molecule has 3 aromatic rings. The number of benzene rings is 2. The monoisotopic (exact) mass is 477 g/mol. The van der Waals surface area contributed by atoms with E-state index in [9.17, 15) is 22.8 Å². The first kappa shape index (κ1) is 23.7. The normalized spacial score (nSPS) is 18.6. The van der Waals surface area contributed by atoms with Crippen molar-refractivity contribution in [1.82, 2.24) is 14.5 Å². The molecule has 0 unspecified atom stereocenters. The molecule has 1 aliphatic rings. The van der Waals surface area contributed by atoms with E-state index in [1.807, 2.05) is 0 Å². The second-order valence-corrected chi connectivity index (χ2v) is 8.42. The molecule has 0 spiro atoms. The number of aromatic nitrogens is 2. The molecule has 4 rings (SSSR count). The number of hydrogen-bond acceptors (Lipinski definition) is 4. The largest absolute Gasteiger partial charge is 0.493 e. The average Bonchev–Trinajstić information content (AvgIpc) is 3.09. The van der Waals surface area contributed by atoms with Crippen LogP contribution < -0.4 is 20.5 Å². The molecule has 7 nitrogen and oxygen atoms in total. The van der Waals surface area contributed by atoms with Crippen LogP contribution in [-0.4, -0.2) is 35.8 Å². The summed E-state index contributed by atoms with van der Waals surface area (Å²) in [5, 5.41) is 2.77. The van der Waals surface area contributed by atoms with Crippen LogP contribution in [0.5, 0.6) is 11.5 Å². The van der Waals surface area contributed by atoms with Crippen molar-refractivity contribution in [2.75, 3.05) is 14.2 Å². The van der Waals surface area contributed by atoms with Gasteiger partial charge in [0.15, 0.2) is 11.5 Å². The molecule has 1 amide bonds. The molecule has 182 valence electrons. The lowest BCUT2D eigenvalue weighted by Crippen LogP contribution is -2.35. The fraction of sp³-hybridized carbons (Fsp3) is 0.417. The second-order valence-electron chi connectivity index (χ2n) is 8.42. The minimum absolute atomic E-state index is 0.0430. The van der Waals surface area contributed by atoms with Gasteiger partial charge in [-0.15, -0.1) is 0 Å². The number of nitrogens with one attached hydrogen (secondary N) is 1. The Hall–Kier alpha value is -3.43. The van der Waals surface area contributed by atoms with Crippen LogP contribution in [-0.2, 0) is 17.5 Å². The summed E-state index contributed by atoms with van der Waals surface area (Å²) in [6.45, 7) is 0.0754. The number of carbonyl (C=O) groups is 1. The molecule has 34 heavy (non-hydrogen) atoms. The molecule has 2 aromatic carbocycles. The number of ether oxygens (including phenoxy) is 2. The molecule has 1 N–H and O–H groups in total. The predicted molar refractivity (Wildman–Crippen MR) is 120 cm³/mol. The topological polar surface area (TPSA) is 74.5 Å². The Bertz CT molecular complexity index is 1240. The van der Waals surface area contributed by atoms with Gasteiger partial charge in [0.2, 0.25) is 6.41 Å². The molecule has 1 aliphatic carbocycles. The zero-order valence-electron chi connectivity index (χ0n) is 18.9. The fourth-order valence-electron chi connectivity index (χ4n) is 4.72. The number of amides is 1. The quantitative estimate of drug-likeness (QED) is 0.520. The third-order valence-electron chi connectivity index (χ3n) is 6.44. The lowest BCUT2D eigenvalue weighted by Gasteiger charge is -2.28. The predicted octanol–water partition coefficient (Wildman–Crippen LogP) is 4.12. The van der Waals surface area contributed by atoms with Crippen molar-refractivity contribution >= 4 is 17.4 Å². The third kappa shape index (κ3) is 4.49. The Kier molecular flexibility index (Phi) is 6.58. The maximum Gasteiger partial charge on any atom is 0.416 e. The zero-order chi connectivity index (χ0) is 24.5. The van der Waals surface area contributed by atoms with Gasteiger partial charge in [-0.3, -0.25) is 13.9 Å². The standard InChI is InChI=1S/C24H26F3N3O4/c1-33-21-10-3-15(11-22(21)34-2)13-29-20-12-16(24(25,26)27)4-9-19(20)30(23(29)32)18-7-5-17(6-8-18)28-14-31/h3-4,9-12,14,17-18H,5-8,13H2,1-2H3,(H,28,31). The van der Waals surface area contributed by atoms with Gasteiger partial charge in [-0.2, -0.15) is 13.2 Å². The fourth-order valence-corrected chi connectivity index (χ4v) is 4.72. The summed E-state index contributed by atoms with van der Waals surface area (Å²) in [6.07, 6.45) is -1.19. The highest BCUT2D eigenvalue weighted by molar-refractivity contribution is 5.77. The molecule has 1 fully saturated rings. The van der Waals surface area contributed by atoms with E-state index in [1.54, 1.807) is 22.8 Å². The van der Waals surface area contributed by atoms with Crippen LogP contribution in [0.1, 0.15) is 42.9 Å². The SMILES string of the molecule is COc1ccc(Cn2c(=O)n(C3CCC(NC=O)CC3)c3ccc(C(F)(F)F)cc32)cc1OC. The summed E-state index contributed by atoms with van der Waals surface area (Å²) in [7, 11) is 3.00. The van der Waals surface area contributed by atoms with Crippen LogP contribution in [0.2, 0.25) is 0 Å². The van der Waals surface area contributed by atoms with Crippen molar-refractivity contribution in [1.29, 1.82) is 0 Å². The van der Waals surface area contributed by atoms with E-state index in [0.717, 1.165) is 12.1 Å². The Balaban J connectivity index is 1.79. The Morgan fingerprint density at radius 1 is 1.00 bits per heavy atom. The minimum atomic E-state index is -4.53. The van der Waals surface area contributed by atoms with E-state index >= 15 is 0 Å². The van der Waals surface area contributed by atoms with Crippen molar-refractivity contribution in [3.8, 4) is 11.5 Å². The van der Waals surface area contributed by atoms with Crippen LogP contribution >= 0.6 is 0 Å². The highest BCUT2D eigenvalue weighted by Gasteiger charge is 2.32. The highest BCUT2D eigenvalue weighted by atomic mass is 19.4. The van der Waals surface area contributed by atoms with Crippen LogP contribution in [0.4, 0.5) is 13.2 Å². The van der Waals surface area contributed by atoms with Gasteiger partial charge in [-0.1, -0.05) is 6.07 Å². The van der Waals surface area contributed by atoms with Gasteiger partial charge in [0.25, 0.3) is 0 Å².